The third kappa shape index (κ3) is 5.14. The van der Waals surface area contributed by atoms with Gasteiger partial charge in [0.05, 0.1) is 24.2 Å². The van der Waals surface area contributed by atoms with E-state index in [4.69, 9.17) is 9.72 Å². The molecule has 0 unspecified atom stereocenters. The van der Waals surface area contributed by atoms with Gasteiger partial charge in [-0.1, -0.05) is 24.3 Å². The van der Waals surface area contributed by atoms with Crippen molar-refractivity contribution in [2.45, 2.75) is 32.9 Å². The molecule has 0 radical (unpaired) electrons. The van der Waals surface area contributed by atoms with Crippen molar-refractivity contribution in [2.75, 3.05) is 13.7 Å². The summed E-state index contributed by atoms with van der Waals surface area (Å²) < 4.78 is 8.11. The molecule has 0 atom stereocenters. The number of hydrogen-bond acceptors (Lipinski definition) is 4. The Hall–Kier alpha value is -3.67. The molecule has 0 aliphatic carbocycles. The molecule has 0 fully saturated rings. The number of hydrogen-bond donors (Lipinski definition) is 0. The first-order chi connectivity index (χ1) is 15.6. The van der Waals surface area contributed by atoms with Crippen LogP contribution in [-0.2, 0) is 13.1 Å². The summed E-state index contributed by atoms with van der Waals surface area (Å²) in [5.74, 6) is 1.75. The molecule has 6 heteroatoms. The normalized spacial score (nSPS) is 10.9. The quantitative estimate of drug-likeness (QED) is 0.357. The Morgan fingerprint density at radius 2 is 1.84 bits per heavy atom. The van der Waals surface area contributed by atoms with Crippen LogP contribution < -0.4 is 4.74 Å². The number of carbonyl (C=O) groups excluding carboxylic acids is 1. The molecule has 0 saturated heterocycles. The fraction of sp³-hybridized carbons (Fsp3) is 0.269. The van der Waals surface area contributed by atoms with Gasteiger partial charge in [-0.05, 0) is 61.7 Å². The monoisotopic (exact) mass is 428 g/mol. The van der Waals surface area contributed by atoms with Crippen LogP contribution in [-0.4, -0.2) is 39.0 Å². The van der Waals surface area contributed by atoms with Gasteiger partial charge in [0.2, 0.25) is 0 Å². The van der Waals surface area contributed by atoms with Gasteiger partial charge in [-0.15, -0.1) is 0 Å². The van der Waals surface area contributed by atoms with Gasteiger partial charge in [-0.2, -0.15) is 0 Å². The Morgan fingerprint density at radius 1 is 1.03 bits per heavy atom. The molecule has 0 saturated carbocycles. The number of unbranched alkanes of at least 4 members (excludes halogenated alkanes) is 1. The van der Waals surface area contributed by atoms with Crippen LogP contribution in [0, 0.1) is 6.92 Å². The van der Waals surface area contributed by atoms with E-state index in [1.807, 2.05) is 37.4 Å². The first-order valence-corrected chi connectivity index (χ1v) is 10.9. The van der Waals surface area contributed by atoms with E-state index < -0.39 is 0 Å². The minimum absolute atomic E-state index is 0.0439. The van der Waals surface area contributed by atoms with Crippen molar-refractivity contribution < 1.29 is 9.53 Å². The summed E-state index contributed by atoms with van der Waals surface area (Å²) in [5, 5.41) is 0. The fourth-order valence-electron chi connectivity index (χ4n) is 3.76. The number of fused-ring (bicyclic) bond motifs is 1. The summed E-state index contributed by atoms with van der Waals surface area (Å²) in [6, 6.07) is 19.7. The minimum atomic E-state index is -0.0439. The van der Waals surface area contributed by atoms with Gasteiger partial charge in [-0.3, -0.25) is 9.78 Å². The molecule has 2 aromatic heterocycles. The van der Waals surface area contributed by atoms with E-state index in [0.717, 1.165) is 42.0 Å². The molecule has 0 spiro atoms. The number of benzene rings is 2. The predicted octanol–water partition coefficient (Wildman–Crippen LogP) is 4.87. The van der Waals surface area contributed by atoms with Crippen molar-refractivity contribution in [1.29, 1.82) is 0 Å². The molecule has 1 amide bonds. The lowest BCUT2D eigenvalue weighted by molar-refractivity contribution is 0.0780. The lowest BCUT2D eigenvalue weighted by Gasteiger charge is -2.18. The van der Waals surface area contributed by atoms with Crippen LogP contribution in [0.25, 0.3) is 11.0 Å². The number of rotatable bonds is 9. The number of imidazole rings is 1. The molecule has 0 bridgehead atoms. The standard InChI is InChI=1S/C26H28N4O2/c1-20-8-7-9-22(18-20)32-17-6-5-16-30-24-11-4-3-10-23(24)28-25(30)19-29(2)26(31)21-12-14-27-15-13-21/h3-4,7-15,18H,5-6,16-17,19H2,1-2H3. The van der Waals surface area contributed by atoms with Gasteiger partial charge >= 0.3 is 0 Å². The zero-order valence-electron chi connectivity index (χ0n) is 18.6. The smallest absolute Gasteiger partial charge is 0.254 e. The molecule has 32 heavy (non-hydrogen) atoms. The molecule has 4 rings (SSSR count). The molecule has 0 aliphatic heterocycles. The zero-order chi connectivity index (χ0) is 22.3. The van der Waals surface area contributed by atoms with Crippen LogP contribution in [0.4, 0.5) is 0 Å². The van der Waals surface area contributed by atoms with E-state index >= 15 is 0 Å². The second-order valence-electron chi connectivity index (χ2n) is 7.94. The Balaban J connectivity index is 1.41. The SMILES string of the molecule is Cc1cccc(OCCCCn2c(CN(C)C(=O)c3ccncc3)nc3ccccc32)c1. The average molecular weight is 429 g/mol. The molecule has 2 aromatic carbocycles. The molecule has 4 aromatic rings. The van der Waals surface area contributed by atoms with Crippen LogP contribution >= 0.6 is 0 Å². The Labute approximate surface area is 188 Å². The highest BCUT2D eigenvalue weighted by molar-refractivity contribution is 5.93. The highest BCUT2D eigenvalue weighted by atomic mass is 16.5. The maximum atomic E-state index is 12.8. The molecule has 0 aliphatic rings. The van der Waals surface area contributed by atoms with Gasteiger partial charge < -0.3 is 14.2 Å². The van der Waals surface area contributed by atoms with Crippen molar-refractivity contribution in [3.05, 3.63) is 90.0 Å². The van der Waals surface area contributed by atoms with Crippen molar-refractivity contribution in [3.63, 3.8) is 0 Å². The summed E-state index contributed by atoms with van der Waals surface area (Å²) in [5.41, 5.74) is 3.86. The number of pyridine rings is 1. The van der Waals surface area contributed by atoms with Gasteiger partial charge in [-0.25, -0.2) is 4.98 Å². The summed E-state index contributed by atoms with van der Waals surface area (Å²) in [6.45, 7) is 4.00. The third-order valence-corrected chi connectivity index (χ3v) is 5.42. The van der Waals surface area contributed by atoms with E-state index in [9.17, 15) is 4.79 Å². The number of amides is 1. The van der Waals surface area contributed by atoms with E-state index in [0.29, 0.717) is 18.7 Å². The lowest BCUT2D eigenvalue weighted by Crippen LogP contribution is -2.27. The van der Waals surface area contributed by atoms with Crippen LogP contribution in [0.1, 0.15) is 34.6 Å². The van der Waals surface area contributed by atoms with Crippen LogP contribution in [0.15, 0.2) is 73.1 Å². The number of para-hydroxylation sites is 2. The Bertz CT molecular complexity index is 1190. The van der Waals surface area contributed by atoms with Crippen LogP contribution in [0.5, 0.6) is 5.75 Å². The second-order valence-corrected chi connectivity index (χ2v) is 7.94. The molecular weight excluding hydrogens is 400 g/mol. The average Bonchev–Trinajstić information content (AvgIpc) is 3.16. The van der Waals surface area contributed by atoms with Crippen LogP contribution in [0.2, 0.25) is 0 Å². The van der Waals surface area contributed by atoms with Crippen LogP contribution in [0.3, 0.4) is 0 Å². The minimum Gasteiger partial charge on any atom is -0.494 e. The first kappa shape index (κ1) is 21.6. The van der Waals surface area contributed by atoms with E-state index in [-0.39, 0.29) is 5.91 Å². The number of aromatic nitrogens is 3. The first-order valence-electron chi connectivity index (χ1n) is 10.9. The van der Waals surface area contributed by atoms with Crippen molar-refractivity contribution in [1.82, 2.24) is 19.4 Å². The maximum Gasteiger partial charge on any atom is 0.254 e. The maximum absolute atomic E-state index is 12.8. The van der Waals surface area contributed by atoms with E-state index in [1.165, 1.54) is 5.56 Å². The lowest BCUT2D eigenvalue weighted by atomic mass is 10.2. The predicted molar refractivity (Wildman–Crippen MR) is 126 cm³/mol. The number of nitrogens with zero attached hydrogens (tertiary/aromatic N) is 4. The van der Waals surface area contributed by atoms with E-state index in [2.05, 4.69) is 34.7 Å². The highest BCUT2D eigenvalue weighted by Gasteiger charge is 2.17. The topological polar surface area (TPSA) is 60.2 Å². The molecule has 6 nitrogen and oxygen atoms in total. The van der Waals surface area contributed by atoms with Gasteiger partial charge in [0.1, 0.15) is 11.6 Å². The summed E-state index contributed by atoms with van der Waals surface area (Å²) in [6.07, 6.45) is 5.16. The summed E-state index contributed by atoms with van der Waals surface area (Å²) in [7, 11) is 1.81. The molecule has 0 N–H and O–H groups in total. The second kappa shape index (κ2) is 10.1. The summed E-state index contributed by atoms with van der Waals surface area (Å²) >= 11 is 0. The summed E-state index contributed by atoms with van der Waals surface area (Å²) in [4.78, 5) is 23.3. The third-order valence-electron chi connectivity index (χ3n) is 5.42. The number of ether oxygens (including phenoxy) is 1. The van der Waals surface area contributed by atoms with Gasteiger partial charge in [0.25, 0.3) is 5.91 Å². The largest absolute Gasteiger partial charge is 0.494 e. The van der Waals surface area contributed by atoms with Crippen molar-refractivity contribution in [2.24, 2.45) is 0 Å². The fourth-order valence-corrected chi connectivity index (χ4v) is 3.76. The highest BCUT2D eigenvalue weighted by Crippen LogP contribution is 2.19. The number of aryl methyl sites for hydroxylation is 2. The van der Waals surface area contributed by atoms with Gasteiger partial charge in [0, 0.05) is 31.5 Å². The molecular formula is C26H28N4O2. The van der Waals surface area contributed by atoms with Gasteiger partial charge in [0.15, 0.2) is 0 Å². The van der Waals surface area contributed by atoms with Crippen molar-refractivity contribution >= 4 is 16.9 Å². The molecule has 2 heterocycles. The zero-order valence-corrected chi connectivity index (χ0v) is 18.6. The number of carbonyl (C=O) groups is 1. The Kier molecular flexibility index (Phi) is 6.80. The Morgan fingerprint density at radius 3 is 2.66 bits per heavy atom. The van der Waals surface area contributed by atoms with E-state index in [1.54, 1.807) is 29.4 Å². The molecule has 164 valence electrons. The van der Waals surface area contributed by atoms with Crippen molar-refractivity contribution in [3.8, 4) is 5.75 Å².